The third-order valence-corrected chi connectivity index (χ3v) is 2.51. The van der Waals surface area contributed by atoms with E-state index in [-0.39, 0.29) is 12.0 Å². The number of rotatable bonds is 3. The van der Waals surface area contributed by atoms with E-state index in [1.165, 1.54) is 17.5 Å². The lowest BCUT2D eigenvalue weighted by Gasteiger charge is -2.14. The van der Waals surface area contributed by atoms with E-state index >= 15 is 0 Å². The fourth-order valence-corrected chi connectivity index (χ4v) is 1.51. The molecule has 17 heavy (non-hydrogen) atoms. The van der Waals surface area contributed by atoms with E-state index < -0.39 is 0 Å². The number of anilines is 2. The van der Waals surface area contributed by atoms with Crippen LogP contribution in [-0.2, 0) is 0 Å². The molecule has 5 heteroatoms. The highest BCUT2D eigenvalue weighted by Gasteiger charge is 2.06. The fourth-order valence-electron chi connectivity index (χ4n) is 1.51. The van der Waals surface area contributed by atoms with Crippen LogP contribution in [0.15, 0.2) is 30.6 Å². The molecule has 0 fully saturated rings. The first-order valence-corrected chi connectivity index (χ1v) is 5.43. The van der Waals surface area contributed by atoms with Crippen LogP contribution in [0.3, 0.4) is 0 Å². The van der Waals surface area contributed by atoms with Gasteiger partial charge in [0.15, 0.2) is 0 Å². The second-order valence-corrected chi connectivity index (χ2v) is 3.94. The monoisotopic (exact) mass is 229 g/mol. The summed E-state index contributed by atoms with van der Waals surface area (Å²) in [6, 6.07) is 8.44. The molecule has 1 aromatic heterocycles. The van der Waals surface area contributed by atoms with Crippen molar-refractivity contribution in [1.82, 2.24) is 15.0 Å². The van der Waals surface area contributed by atoms with Crippen molar-refractivity contribution in [1.29, 1.82) is 0 Å². The molecular formula is C12H15N5. The van der Waals surface area contributed by atoms with Crippen molar-refractivity contribution < 1.29 is 0 Å². The van der Waals surface area contributed by atoms with E-state index in [9.17, 15) is 0 Å². The average molecular weight is 229 g/mol. The minimum atomic E-state index is 0.123. The first-order valence-electron chi connectivity index (χ1n) is 5.43. The molecule has 0 amide bonds. The zero-order chi connectivity index (χ0) is 12.3. The van der Waals surface area contributed by atoms with Crippen LogP contribution in [0, 0.1) is 6.92 Å². The normalized spacial score (nSPS) is 12.1. The lowest BCUT2D eigenvalue weighted by atomic mass is 10.1. The molecule has 0 aliphatic rings. The van der Waals surface area contributed by atoms with E-state index in [1.807, 2.05) is 6.92 Å². The van der Waals surface area contributed by atoms with Crippen molar-refractivity contribution in [2.45, 2.75) is 19.9 Å². The molecule has 88 valence electrons. The average Bonchev–Trinajstić information content (AvgIpc) is 2.29. The van der Waals surface area contributed by atoms with Crippen molar-refractivity contribution in [3.8, 4) is 0 Å². The Hall–Kier alpha value is -2.17. The Balaban J connectivity index is 2.11. The Labute approximate surface area is 100 Å². The topological polar surface area (TPSA) is 76.7 Å². The van der Waals surface area contributed by atoms with Crippen molar-refractivity contribution in [2.24, 2.45) is 0 Å². The molecule has 5 nitrogen and oxygen atoms in total. The predicted octanol–water partition coefficient (Wildman–Crippen LogP) is 1.94. The van der Waals surface area contributed by atoms with Crippen LogP contribution in [0.1, 0.15) is 24.1 Å². The molecule has 0 saturated carbocycles. The van der Waals surface area contributed by atoms with Crippen molar-refractivity contribution in [2.75, 3.05) is 11.1 Å². The Bertz CT molecular complexity index is 495. The van der Waals surface area contributed by atoms with Gasteiger partial charge in [-0.05, 0) is 19.4 Å². The summed E-state index contributed by atoms with van der Waals surface area (Å²) < 4.78 is 0. The number of hydrogen-bond donors (Lipinski definition) is 2. The van der Waals surface area contributed by atoms with Crippen LogP contribution in [0.2, 0.25) is 0 Å². The maximum Gasteiger partial charge on any atom is 0.227 e. The number of aromatic nitrogens is 3. The molecule has 2 aromatic rings. The molecule has 3 N–H and O–H groups in total. The molecule has 1 heterocycles. The Morgan fingerprint density at radius 2 is 1.88 bits per heavy atom. The van der Waals surface area contributed by atoms with Crippen LogP contribution < -0.4 is 11.1 Å². The molecule has 0 aliphatic heterocycles. The third-order valence-electron chi connectivity index (χ3n) is 2.51. The first-order chi connectivity index (χ1) is 8.15. The molecule has 0 spiro atoms. The van der Waals surface area contributed by atoms with E-state index in [2.05, 4.69) is 51.5 Å². The molecule has 1 unspecified atom stereocenters. The molecule has 0 radical (unpaired) electrons. The van der Waals surface area contributed by atoms with E-state index in [1.54, 1.807) is 0 Å². The summed E-state index contributed by atoms with van der Waals surface area (Å²) in [6.45, 7) is 4.11. The standard InChI is InChI=1S/C12H15N5/c1-8-3-5-10(6-4-8)9(2)16-12-15-7-14-11(13)17-12/h3-7,9H,1-2H3,(H3,13,14,15,16,17). The summed E-state index contributed by atoms with van der Waals surface area (Å²) in [6.07, 6.45) is 1.40. The maximum atomic E-state index is 5.49. The van der Waals surface area contributed by atoms with Gasteiger partial charge in [-0.1, -0.05) is 29.8 Å². The van der Waals surface area contributed by atoms with Gasteiger partial charge in [-0.15, -0.1) is 0 Å². The number of nitrogens with two attached hydrogens (primary N) is 1. The van der Waals surface area contributed by atoms with Gasteiger partial charge in [-0.2, -0.15) is 4.98 Å². The van der Waals surface area contributed by atoms with Crippen LogP contribution in [-0.4, -0.2) is 15.0 Å². The highest BCUT2D eigenvalue weighted by Crippen LogP contribution is 2.16. The Kier molecular flexibility index (Phi) is 3.18. The van der Waals surface area contributed by atoms with E-state index in [4.69, 9.17) is 5.73 Å². The molecule has 2 rings (SSSR count). The van der Waals surface area contributed by atoms with Gasteiger partial charge in [0, 0.05) is 0 Å². The Morgan fingerprint density at radius 1 is 1.18 bits per heavy atom. The SMILES string of the molecule is Cc1ccc(C(C)Nc2ncnc(N)n2)cc1. The molecule has 0 aliphatic carbocycles. The minimum absolute atomic E-state index is 0.123. The number of aryl methyl sites for hydroxylation is 1. The van der Waals surface area contributed by atoms with Crippen LogP contribution in [0.5, 0.6) is 0 Å². The Morgan fingerprint density at radius 3 is 2.53 bits per heavy atom. The van der Waals surface area contributed by atoms with Gasteiger partial charge >= 0.3 is 0 Å². The third kappa shape index (κ3) is 2.90. The zero-order valence-electron chi connectivity index (χ0n) is 9.88. The van der Waals surface area contributed by atoms with Crippen molar-refractivity contribution >= 4 is 11.9 Å². The second kappa shape index (κ2) is 4.78. The lowest BCUT2D eigenvalue weighted by molar-refractivity contribution is 0.855. The van der Waals surface area contributed by atoms with Crippen LogP contribution >= 0.6 is 0 Å². The number of nitrogens with one attached hydrogen (secondary N) is 1. The predicted molar refractivity (Wildman–Crippen MR) is 67.5 cm³/mol. The first kappa shape index (κ1) is 11.3. The summed E-state index contributed by atoms with van der Waals surface area (Å²) >= 11 is 0. The summed E-state index contributed by atoms with van der Waals surface area (Å²) in [5.41, 5.74) is 7.91. The number of nitrogens with zero attached hydrogens (tertiary/aromatic N) is 3. The van der Waals surface area contributed by atoms with Gasteiger partial charge in [0.05, 0.1) is 6.04 Å². The van der Waals surface area contributed by atoms with E-state index in [0.29, 0.717) is 5.95 Å². The van der Waals surface area contributed by atoms with E-state index in [0.717, 1.165) is 0 Å². The largest absolute Gasteiger partial charge is 0.368 e. The van der Waals surface area contributed by atoms with Gasteiger partial charge in [0.1, 0.15) is 6.33 Å². The smallest absolute Gasteiger partial charge is 0.227 e. The molecular weight excluding hydrogens is 214 g/mol. The second-order valence-electron chi connectivity index (χ2n) is 3.94. The summed E-state index contributed by atoms with van der Waals surface area (Å²) in [4.78, 5) is 11.8. The molecule has 1 aromatic carbocycles. The minimum Gasteiger partial charge on any atom is -0.368 e. The van der Waals surface area contributed by atoms with Gasteiger partial charge < -0.3 is 11.1 Å². The quantitative estimate of drug-likeness (QED) is 0.841. The summed E-state index contributed by atoms with van der Waals surface area (Å²) in [7, 11) is 0. The fraction of sp³-hybridized carbons (Fsp3) is 0.250. The molecule has 0 bridgehead atoms. The maximum absolute atomic E-state index is 5.49. The summed E-state index contributed by atoms with van der Waals surface area (Å²) in [5, 5.41) is 3.18. The van der Waals surface area contributed by atoms with Gasteiger partial charge in [0.2, 0.25) is 11.9 Å². The zero-order valence-corrected chi connectivity index (χ0v) is 9.88. The van der Waals surface area contributed by atoms with Crippen molar-refractivity contribution in [3.63, 3.8) is 0 Å². The highest BCUT2D eigenvalue weighted by molar-refractivity contribution is 5.34. The lowest BCUT2D eigenvalue weighted by Crippen LogP contribution is -2.10. The molecule has 1 atom stereocenters. The highest BCUT2D eigenvalue weighted by atomic mass is 15.2. The summed E-state index contributed by atoms with van der Waals surface area (Å²) in [5.74, 6) is 0.712. The number of hydrogen-bond acceptors (Lipinski definition) is 5. The number of nitrogen functional groups attached to an aromatic ring is 1. The van der Waals surface area contributed by atoms with Gasteiger partial charge in [-0.3, -0.25) is 0 Å². The number of benzene rings is 1. The van der Waals surface area contributed by atoms with Gasteiger partial charge in [-0.25, -0.2) is 9.97 Å². The van der Waals surface area contributed by atoms with Crippen LogP contribution in [0.4, 0.5) is 11.9 Å². The van der Waals surface area contributed by atoms with Crippen LogP contribution in [0.25, 0.3) is 0 Å². The molecule has 0 saturated heterocycles. The van der Waals surface area contributed by atoms with Crippen molar-refractivity contribution in [3.05, 3.63) is 41.7 Å². The van der Waals surface area contributed by atoms with Gasteiger partial charge in [0.25, 0.3) is 0 Å².